The maximum atomic E-state index is 12.1. The number of rotatable bonds is 3. The molecule has 2 N–H and O–H groups in total. The predicted octanol–water partition coefficient (Wildman–Crippen LogP) is 2.28. The van der Waals surface area contributed by atoms with Crippen molar-refractivity contribution >= 4 is 11.8 Å². The van der Waals surface area contributed by atoms with E-state index in [1.165, 1.54) is 13.4 Å². The largest absolute Gasteiger partial charge is 0.481 e. The third-order valence-electron chi connectivity index (χ3n) is 3.45. The van der Waals surface area contributed by atoms with E-state index in [0.29, 0.717) is 11.7 Å². The lowest BCUT2D eigenvalue weighted by Crippen LogP contribution is -2.34. The Kier molecular flexibility index (Phi) is 3.72. The molecule has 2 heterocycles. The molecule has 110 valence electrons. The first-order chi connectivity index (χ1) is 10.3. The molecule has 2 aromatic heterocycles. The highest BCUT2D eigenvalue weighted by molar-refractivity contribution is 5.88. The van der Waals surface area contributed by atoms with Crippen LogP contribution < -0.4 is 15.4 Å². The van der Waals surface area contributed by atoms with Crippen molar-refractivity contribution in [3.63, 3.8) is 0 Å². The summed E-state index contributed by atoms with van der Waals surface area (Å²) in [4.78, 5) is 19.9. The second-order valence-corrected chi connectivity index (χ2v) is 4.79. The molecular formula is C14H16N4O3. The Morgan fingerprint density at radius 2 is 2.38 bits per heavy atom. The average Bonchev–Trinajstić information content (AvgIpc) is 2.97. The first-order valence-corrected chi connectivity index (χ1v) is 6.76. The predicted molar refractivity (Wildman–Crippen MR) is 75.1 cm³/mol. The minimum absolute atomic E-state index is 0.0313. The van der Waals surface area contributed by atoms with E-state index >= 15 is 0 Å². The molecule has 0 fully saturated rings. The molecule has 0 aliphatic heterocycles. The van der Waals surface area contributed by atoms with E-state index in [2.05, 4.69) is 20.6 Å². The van der Waals surface area contributed by atoms with Gasteiger partial charge >= 0.3 is 6.03 Å². The van der Waals surface area contributed by atoms with E-state index in [0.717, 1.165) is 30.6 Å². The number of nitrogens with one attached hydrogen (secondary N) is 2. The van der Waals surface area contributed by atoms with Gasteiger partial charge < -0.3 is 14.5 Å². The van der Waals surface area contributed by atoms with Gasteiger partial charge in [0.2, 0.25) is 5.88 Å². The Morgan fingerprint density at radius 1 is 1.48 bits per heavy atom. The lowest BCUT2D eigenvalue weighted by Gasteiger charge is -2.22. The molecule has 7 nitrogen and oxygen atoms in total. The molecule has 0 radical (unpaired) electrons. The summed E-state index contributed by atoms with van der Waals surface area (Å²) >= 11 is 0. The quantitative estimate of drug-likeness (QED) is 0.904. The van der Waals surface area contributed by atoms with E-state index in [9.17, 15) is 4.79 Å². The van der Waals surface area contributed by atoms with E-state index in [4.69, 9.17) is 9.15 Å². The number of fused-ring (bicyclic) bond motifs is 1. The van der Waals surface area contributed by atoms with Crippen molar-refractivity contribution < 1.29 is 13.9 Å². The van der Waals surface area contributed by atoms with Crippen molar-refractivity contribution in [2.75, 3.05) is 12.4 Å². The van der Waals surface area contributed by atoms with Gasteiger partial charge in [-0.1, -0.05) is 0 Å². The van der Waals surface area contributed by atoms with Crippen LogP contribution in [-0.2, 0) is 6.42 Å². The SMILES string of the molecule is COc1cc(NC(=O)N[C@H]2CCCc3occc32)ncn1. The molecule has 3 rings (SSSR count). The number of ether oxygens (including phenoxy) is 1. The number of amides is 2. The molecule has 0 bridgehead atoms. The Balaban J connectivity index is 1.65. The molecule has 0 aromatic carbocycles. The number of anilines is 1. The Bertz CT molecular complexity index is 641. The zero-order valence-corrected chi connectivity index (χ0v) is 11.6. The fourth-order valence-electron chi connectivity index (χ4n) is 2.47. The number of nitrogens with zero attached hydrogens (tertiary/aromatic N) is 2. The maximum absolute atomic E-state index is 12.1. The van der Waals surface area contributed by atoms with Crippen LogP contribution in [0.4, 0.5) is 10.6 Å². The smallest absolute Gasteiger partial charge is 0.320 e. The van der Waals surface area contributed by atoms with Crippen molar-refractivity contribution in [2.45, 2.75) is 25.3 Å². The van der Waals surface area contributed by atoms with E-state index in [-0.39, 0.29) is 12.1 Å². The van der Waals surface area contributed by atoms with Gasteiger partial charge in [-0.25, -0.2) is 14.8 Å². The number of hydrogen-bond acceptors (Lipinski definition) is 5. The van der Waals surface area contributed by atoms with Crippen molar-refractivity contribution in [3.05, 3.63) is 36.0 Å². The number of carbonyl (C=O) groups excluding carboxylic acids is 1. The third-order valence-corrected chi connectivity index (χ3v) is 3.45. The number of methoxy groups -OCH3 is 1. The first kappa shape index (κ1) is 13.4. The monoisotopic (exact) mass is 288 g/mol. The van der Waals surface area contributed by atoms with E-state index < -0.39 is 0 Å². The number of hydrogen-bond donors (Lipinski definition) is 2. The van der Waals surface area contributed by atoms with Gasteiger partial charge in [0.25, 0.3) is 0 Å². The van der Waals surface area contributed by atoms with Crippen molar-refractivity contribution in [3.8, 4) is 5.88 Å². The minimum Gasteiger partial charge on any atom is -0.481 e. The highest BCUT2D eigenvalue weighted by atomic mass is 16.5. The summed E-state index contributed by atoms with van der Waals surface area (Å²) in [7, 11) is 1.51. The molecule has 21 heavy (non-hydrogen) atoms. The summed E-state index contributed by atoms with van der Waals surface area (Å²) in [5, 5.41) is 5.61. The topological polar surface area (TPSA) is 89.3 Å². The Hall–Kier alpha value is -2.57. The number of aromatic nitrogens is 2. The highest BCUT2D eigenvalue weighted by Crippen LogP contribution is 2.30. The van der Waals surface area contributed by atoms with Crippen molar-refractivity contribution in [1.82, 2.24) is 15.3 Å². The summed E-state index contributed by atoms with van der Waals surface area (Å²) < 4.78 is 10.4. The summed E-state index contributed by atoms with van der Waals surface area (Å²) in [5.41, 5.74) is 1.05. The summed E-state index contributed by atoms with van der Waals surface area (Å²) in [6.45, 7) is 0. The van der Waals surface area contributed by atoms with Crippen LogP contribution in [-0.4, -0.2) is 23.1 Å². The van der Waals surface area contributed by atoms with Crippen LogP contribution in [0.1, 0.15) is 30.2 Å². The van der Waals surface area contributed by atoms with Gasteiger partial charge in [-0.15, -0.1) is 0 Å². The van der Waals surface area contributed by atoms with Crippen LogP contribution in [0.25, 0.3) is 0 Å². The molecule has 2 aromatic rings. The molecule has 1 aliphatic rings. The second kappa shape index (κ2) is 5.82. The summed E-state index contributed by atoms with van der Waals surface area (Å²) in [5.74, 6) is 1.74. The lowest BCUT2D eigenvalue weighted by atomic mass is 9.93. The average molecular weight is 288 g/mol. The number of furan rings is 1. The molecule has 7 heteroatoms. The molecular weight excluding hydrogens is 272 g/mol. The van der Waals surface area contributed by atoms with Crippen LogP contribution >= 0.6 is 0 Å². The van der Waals surface area contributed by atoms with Gasteiger partial charge in [0, 0.05) is 18.1 Å². The minimum atomic E-state index is -0.310. The second-order valence-electron chi connectivity index (χ2n) is 4.79. The molecule has 0 saturated heterocycles. The standard InChI is InChI=1S/C14H16N4O3/c1-20-13-7-12(15-8-16-13)18-14(19)17-10-3-2-4-11-9(10)5-6-21-11/h5-8,10H,2-4H2,1H3,(H2,15,16,17,18,19)/t10-/m0/s1. The molecule has 1 aliphatic carbocycles. The summed E-state index contributed by atoms with van der Waals surface area (Å²) in [6, 6.07) is 3.13. The van der Waals surface area contributed by atoms with Crippen molar-refractivity contribution in [1.29, 1.82) is 0 Å². The Morgan fingerprint density at radius 3 is 3.24 bits per heavy atom. The van der Waals surface area contributed by atoms with Crippen LogP contribution in [0, 0.1) is 0 Å². The Labute approximate surface area is 121 Å². The molecule has 0 saturated carbocycles. The van der Waals surface area contributed by atoms with E-state index in [1.807, 2.05) is 6.07 Å². The fraction of sp³-hybridized carbons (Fsp3) is 0.357. The van der Waals surface area contributed by atoms with Crippen LogP contribution in [0.2, 0.25) is 0 Å². The van der Waals surface area contributed by atoms with Gasteiger partial charge in [0.05, 0.1) is 19.4 Å². The number of carbonyl (C=O) groups is 1. The van der Waals surface area contributed by atoms with Gasteiger partial charge in [0.15, 0.2) is 0 Å². The zero-order chi connectivity index (χ0) is 14.7. The van der Waals surface area contributed by atoms with Crippen LogP contribution in [0.5, 0.6) is 5.88 Å². The van der Waals surface area contributed by atoms with Gasteiger partial charge in [-0.3, -0.25) is 5.32 Å². The van der Waals surface area contributed by atoms with Crippen molar-refractivity contribution in [2.24, 2.45) is 0 Å². The maximum Gasteiger partial charge on any atom is 0.320 e. The van der Waals surface area contributed by atoms with E-state index in [1.54, 1.807) is 12.3 Å². The fourth-order valence-corrected chi connectivity index (χ4v) is 2.47. The number of aryl methyl sites for hydroxylation is 1. The van der Waals surface area contributed by atoms with Crippen LogP contribution in [0.15, 0.2) is 29.1 Å². The summed E-state index contributed by atoms with van der Waals surface area (Å²) in [6.07, 6.45) is 5.81. The lowest BCUT2D eigenvalue weighted by molar-refractivity contribution is 0.246. The third kappa shape index (κ3) is 2.96. The van der Waals surface area contributed by atoms with Gasteiger partial charge in [-0.05, 0) is 18.9 Å². The normalized spacial score (nSPS) is 16.9. The van der Waals surface area contributed by atoms with Crippen LogP contribution in [0.3, 0.4) is 0 Å². The molecule has 1 atom stereocenters. The highest BCUT2D eigenvalue weighted by Gasteiger charge is 2.24. The number of urea groups is 1. The first-order valence-electron chi connectivity index (χ1n) is 6.76. The zero-order valence-electron chi connectivity index (χ0n) is 11.6. The molecule has 0 unspecified atom stereocenters. The molecule has 0 spiro atoms. The molecule has 2 amide bonds. The van der Waals surface area contributed by atoms with Gasteiger partial charge in [0.1, 0.15) is 17.9 Å². The van der Waals surface area contributed by atoms with Gasteiger partial charge in [-0.2, -0.15) is 0 Å².